The van der Waals surface area contributed by atoms with Gasteiger partial charge < -0.3 is 0 Å². The van der Waals surface area contributed by atoms with Crippen LogP contribution in [-0.2, 0) is 12.8 Å². The average Bonchev–Trinajstić information content (AvgIpc) is 2.93. The van der Waals surface area contributed by atoms with Crippen molar-refractivity contribution in [2.75, 3.05) is 0 Å². The van der Waals surface area contributed by atoms with E-state index in [0.29, 0.717) is 0 Å². The van der Waals surface area contributed by atoms with Crippen LogP contribution in [0.2, 0.25) is 0 Å². The van der Waals surface area contributed by atoms with Crippen molar-refractivity contribution in [2.24, 2.45) is 10.2 Å². The van der Waals surface area contributed by atoms with Gasteiger partial charge in [0.2, 0.25) is 0 Å². The maximum Gasteiger partial charge on any atom is 0.0722 e. The lowest BCUT2D eigenvalue weighted by Gasteiger charge is -2.03. The van der Waals surface area contributed by atoms with Crippen molar-refractivity contribution in [1.82, 2.24) is 0 Å². The molecule has 1 aromatic rings. The van der Waals surface area contributed by atoms with Crippen LogP contribution in [-0.4, -0.2) is 11.4 Å². The van der Waals surface area contributed by atoms with Gasteiger partial charge in [0.1, 0.15) is 0 Å². The lowest BCUT2D eigenvalue weighted by Crippen LogP contribution is -2.02. The van der Waals surface area contributed by atoms with Crippen molar-refractivity contribution in [2.45, 2.75) is 33.1 Å². The first-order chi connectivity index (χ1) is 8.28. The van der Waals surface area contributed by atoms with E-state index in [4.69, 9.17) is 0 Å². The van der Waals surface area contributed by atoms with Crippen molar-refractivity contribution in [3.05, 3.63) is 40.5 Å². The molecule has 0 saturated carbocycles. The van der Waals surface area contributed by atoms with E-state index in [0.717, 1.165) is 30.7 Å². The third-order valence-corrected chi connectivity index (χ3v) is 3.50. The van der Waals surface area contributed by atoms with Crippen LogP contribution in [0.25, 0.3) is 6.08 Å². The number of hydrogen-bond donors (Lipinski definition) is 0. The number of rotatable bonds is 2. The summed E-state index contributed by atoms with van der Waals surface area (Å²) in [5, 5.41) is 8.40. The highest BCUT2D eigenvalue weighted by Crippen LogP contribution is 2.30. The summed E-state index contributed by atoms with van der Waals surface area (Å²) >= 11 is 0. The molecule has 3 rings (SSSR count). The van der Waals surface area contributed by atoms with E-state index >= 15 is 0 Å². The standard InChI is InChI=1S/C15H16N2/c1-3-11-5-4-6-12-8-13(9-14(11)12)15-7-10(2)16-17-15/h4-6,9H,3,7-8H2,1-2H3. The molecule has 17 heavy (non-hydrogen) atoms. The van der Waals surface area contributed by atoms with Crippen LogP contribution in [0.4, 0.5) is 0 Å². The van der Waals surface area contributed by atoms with Crippen LogP contribution >= 0.6 is 0 Å². The number of nitrogens with zero attached hydrogens (tertiary/aromatic N) is 2. The summed E-state index contributed by atoms with van der Waals surface area (Å²) in [7, 11) is 0. The van der Waals surface area contributed by atoms with Crippen molar-refractivity contribution in [3.8, 4) is 0 Å². The van der Waals surface area contributed by atoms with Gasteiger partial charge in [0.25, 0.3) is 0 Å². The van der Waals surface area contributed by atoms with Gasteiger partial charge in [0, 0.05) is 12.1 Å². The third kappa shape index (κ3) is 1.74. The highest BCUT2D eigenvalue weighted by atomic mass is 15.2. The van der Waals surface area contributed by atoms with Gasteiger partial charge in [-0.05, 0) is 48.1 Å². The number of allylic oxidation sites excluding steroid dienone is 1. The highest BCUT2D eigenvalue weighted by Gasteiger charge is 2.21. The topological polar surface area (TPSA) is 24.7 Å². The summed E-state index contributed by atoms with van der Waals surface area (Å²) in [4.78, 5) is 0. The Labute approximate surface area is 102 Å². The first-order valence-electron chi connectivity index (χ1n) is 6.19. The molecule has 0 radical (unpaired) electrons. The first-order valence-corrected chi connectivity index (χ1v) is 6.19. The Hall–Kier alpha value is -1.70. The molecule has 0 amide bonds. The maximum atomic E-state index is 4.27. The number of aryl methyl sites for hydroxylation is 1. The van der Waals surface area contributed by atoms with Gasteiger partial charge in [-0.2, -0.15) is 10.2 Å². The van der Waals surface area contributed by atoms with Gasteiger partial charge in [-0.15, -0.1) is 0 Å². The quantitative estimate of drug-likeness (QED) is 0.735. The molecule has 1 aromatic carbocycles. The summed E-state index contributed by atoms with van der Waals surface area (Å²) in [6.07, 6.45) is 5.34. The Morgan fingerprint density at radius 1 is 1.18 bits per heavy atom. The van der Waals surface area contributed by atoms with Crippen LogP contribution in [0.5, 0.6) is 0 Å². The van der Waals surface area contributed by atoms with E-state index in [2.05, 4.69) is 41.4 Å². The first kappa shape index (κ1) is 10.5. The van der Waals surface area contributed by atoms with E-state index in [1.54, 1.807) is 0 Å². The van der Waals surface area contributed by atoms with Crippen molar-refractivity contribution >= 4 is 17.5 Å². The molecule has 0 bridgehead atoms. The Balaban J connectivity index is 1.94. The molecular formula is C15H16N2. The summed E-state index contributed by atoms with van der Waals surface area (Å²) in [6, 6.07) is 6.60. The molecule has 0 N–H and O–H groups in total. The molecule has 1 heterocycles. The Kier molecular flexibility index (Phi) is 2.43. The minimum Gasteiger partial charge on any atom is -0.160 e. The molecule has 2 nitrogen and oxygen atoms in total. The zero-order valence-corrected chi connectivity index (χ0v) is 10.3. The van der Waals surface area contributed by atoms with E-state index in [1.165, 1.54) is 22.3 Å². The lowest BCUT2D eigenvalue weighted by molar-refractivity contribution is 1.12. The smallest absolute Gasteiger partial charge is 0.0722 e. The van der Waals surface area contributed by atoms with E-state index in [-0.39, 0.29) is 0 Å². The van der Waals surface area contributed by atoms with Gasteiger partial charge in [0.15, 0.2) is 0 Å². The number of benzene rings is 1. The molecule has 0 fully saturated rings. The van der Waals surface area contributed by atoms with E-state index in [1.807, 2.05) is 6.92 Å². The molecule has 0 atom stereocenters. The molecule has 86 valence electrons. The molecule has 2 heteroatoms. The second-order valence-electron chi connectivity index (χ2n) is 4.75. The van der Waals surface area contributed by atoms with Crippen LogP contribution in [0.3, 0.4) is 0 Å². The van der Waals surface area contributed by atoms with Gasteiger partial charge in [0.05, 0.1) is 5.71 Å². The number of hydrogen-bond acceptors (Lipinski definition) is 2. The summed E-state index contributed by atoms with van der Waals surface area (Å²) in [6.45, 7) is 4.25. The minimum absolute atomic E-state index is 0.918. The normalized spacial score (nSPS) is 17.6. The second-order valence-corrected chi connectivity index (χ2v) is 4.75. The predicted octanol–water partition coefficient (Wildman–Crippen LogP) is 3.41. The minimum atomic E-state index is 0.918. The van der Waals surface area contributed by atoms with Crippen LogP contribution in [0, 0.1) is 0 Å². The Morgan fingerprint density at radius 2 is 2.06 bits per heavy atom. The van der Waals surface area contributed by atoms with Gasteiger partial charge >= 0.3 is 0 Å². The van der Waals surface area contributed by atoms with E-state index < -0.39 is 0 Å². The maximum absolute atomic E-state index is 4.27. The molecule has 1 aliphatic heterocycles. The average molecular weight is 224 g/mol. The van der Waals surface area contributed by atoms with E-state index in [9.17, 15) is 0 Å². The summed E-state index contributed by atoms with van der Waals surface area (Å²) < 4.78 is 0. The largest absolute Gasteiger partial charge is 0.160 e. The Morgan fingerprint density at radius 3 is 2.76 bits per heavy atom. The zero-order chi connectivity index (χ0) is 11.8. The Bertz CT molecular complexity index is 562. The fraction of sp³-hybridized carbons (Fsp3) is 0.333. The van der Waals surface area contributed by atoms with Gasteiger partial charge in [-0.3, -0.25) is 0 Å². The predicted molar refractivity (Wildman–Crippen MR) is 72.7 cm³/mol. The lowest BCUT2D eigenvalue weighted by atomic mass is 10.0. The van der Waals surface area contributed by atoms with Crippen molar-refractivity contribution in [1.29, 1.82) is 0 Å². The molecule has 2 aliphatic rings. The van der Waals surface area contributed by atoms with Crippen LogP contribution in [0.1, 0.15) is 37.0 Å². The number of fused-ring (bicyclic) bond motifs is 1. The second kappa shape index (κ2) is 3.95. The SMILES string of the molecule is CCc1cccc2c1C=C(C1=NN=C(C)C1)C2. The van der Waals surface area contributed by atoms with Crippen molar-refractivity contribution in [3.63, 3.8) is 0 Å². The molecule has 1 aliphatic carbocycles. The zero-order valence-electron chi connectivity index (χ0n) is 10.3. The monoisotopic (exact) mass is 224 g/mol. The third-order valence-electron chi connectivity index (χ3n) is 3.50. The van der Waals surface area contributed by atoms with Gasteiger partial charge in [-0.1, -0.05) is 25.1 Å². The van der Waals surface area contributed by atoms with Crippen molar-refractivity contribution < 1.29 is 0 Å². The van der Waals surface area contributed by atoms with Crippen LogP contribution in [0.15, 0.2) is 34.0 Å². The summed E-state index contributed by atoms with van der Waals surface area (Å²) in [5.41, 5.74) is 7.91. The molecular weight excluding hydrogens is 208 g/mol. The molecule has 0 aromatic heterocycles. The van der Waals surface area contributed by atoms with Gasteiger partial charge in [-0.25, -0.2) is 0 Å². The highest BCUT2D eigenvalue weighted by molar-refractivity contribution is 6.16. The molecule has 0 saturated heterocycles. The fourth-order valence-electron chi connectivity index (χ4n) is 2.57. The fourth-order valence-corrected chi connectivity index (χ4v) is 2.57. The molecule has 0 spiro atoms. The molecule has 0 unspecified atom stereocenters. The summed E-state index contributed by atoms with van der Waals surface area (Å²) in [5.74, 6) is 0. The van der Waals surface area contributed by atoms with Crippen LogP contribution < -0.4 is 0 Å².